The maximum Gasteiger partial charge on any atom is 0.203 e. The molecule has 0 aliphatic carbocycles. The quantitative estimate of drug-likeness (QED) is 0.783. The second kappa shape index (κ2) is 6.02. The van der Waals surface area contributed by atoms with Crippen LogP contribution in [0.5, 0.6) is 0 Å². The number of hydrogen-bond acceptors (Lipinski definition) is 2. The zero-order chi connectivity index (χ0) is 15.5. The van der Waals surface area contributed by atoms with Gasteiger partial charge in [0.2, 0.25) is 5.95 Å². The predicted molar refractivity (Wildman–Crippen MR) is 87.1 cm³/mol. The van der Waals surface area contributed by atoms with Crippen molar-refractivity contribution >= 4 is 5.95 Å². The molecule has 0 atom stereocenters. The number of imidazole rings is 1. The summed E-state index contributed by atoms with van der Waals surface area (Å²) in [6.07, 6.45) is 1.85. The van der Waals surface area contributed by atoms with Gasteiger partial charge in [-0.2, -0.15) is 0 Å². The Morgan fingerprint density at radius 1 is 1.14 bits per heavy atom. The zero-order valence-electron chi connectivity index (χ0n) is 12.7. The van der Waals surface area contributed by atoms with Crippen molar-refractivity contribution in [3.05, 3.63) is 71.7 Å². The van der Waals surface area contributed by atoms with Crippen molar-refractivity contribution in [2.24, 2.45) is 7.05 Å². The molecule has 0 amide bonds. The lowest BCUT2D eigenvalue weighted by Crippen LogP contribution is -2.05. The molecule has 3 aromatic rings. The average Bonchev–Trinajstić information content (AvgIpc) is 2.87. The number of anilines is 1. The van der Waals surface area contributed by atoms with Gasteiger partial charge in [-0.1, -0.05) is 42.0 Å². The SMILES string of the molecule is Cc1ccc(-c2cnc(NCc3cccc(F)c3)n2C)cc1. The first-order valence-corrected chi connectivity index (χ1v) is 7.20. The number of halogens is 1. The van der Waals surface area contributed by atoms with Gasteiger partial charge in [0.25, 0.3) is 0 Å². The first-order valence-electron chi connectivity index (χ1n) is 7.20. The number of aromatic nitrogens is 2. The van der Waals surface area contributed by atoms with Crippen molar-refractivity contribution in [2.75, 3.05) is 5.32 Å². The predicted octanol–water partition coefficient (Wildman–Crippen LogP) is 4.15. The van der Waals surface area contributed by atoms with Crippen LogP contribution in [0.2, 0.25) is 0 Å². The third-order valence-corrected chi connectivity index (χ3v) is 3.68. The van der Waals surface area contributed by atoms with Crippen LogP contribution in [0.3, 0.4) is 0 Å². The number of nitrogens with one attached hydrogen (secondary N) is 1. The zero-order valence-corrected chi connectivity index (χ0v) is 12.7. The summed E-state index contributed by atoms with van der Waals surface area (Å²) in [6, 6.07) is 14.9. The van der Waals surface area contributed by atoms with E-state index in [-0.39, 0.29) is 5.82 Å². The summed E-state index contributed by atoms with van der Waals surface area (Å²) in [6.45, 7) is 2.61. The average molecular weight is 295 g/mol. The van der Waals surface area contributed by atoms with E-state index in [0.717, 1.165) is 22.8 Å². The summed E-state index contributed by atoms with van der Waals surface area (Å²) in [5.41, 5.74) is 4.29. The van der Waals surface area contributed by atoms with E-state index in [1.165, 1.54) is 17.7 Å². The fourth-order valence-corrected chi connectivity index (χ4v) is 2.39. The summed E-state index contributed by atoms with van der Waals surface area (Å²) in [4.78, 5) is 4.41. The highest BCUT2D eigenvalue weighted by Crippen LogP contribution is 2.22. The Morgan fingerprint density at radius 2 is 1.91 bits per heavy atom. The summed E-state index contributed by atoms with van der Waals surface area (Å²) in [5.74, 6) is 0.541. The first-order chi connectivity index (χ1) is 10.6. The largest absolute Gasteiger partial charge is 0.352 e. The number of rotatable bonds is 4. The van der Waals surface area contributed by atoms with E-state index in [4.69, 9.17) is 0 Å². The highest BCUT2D eigenvalue weighted by Gasteiger charge is 2.08. The minimum Gasteiger partial charge on any atom is -0.352 e. The maximum absolute atomic E-state index is 13.2. The number of nitrogens with zero attached hydrogens (tertiary/aromatic N) is 2. The molecular formula is C18H18FN3. The fraction of sp³-hybridized carbons (Fsp3) is 0.167. The molecule has 1 aromatic heterocycles. The van der Waals surface area contributed by atoms with Gasteiger partial charge >= 0.3 is 0 Å². The molecule has 4 heteroatoms. The minimum absolute atomic E-state index is 0.223. The number of benzene rings is 2. The molecule has 1 N–H and O–H groups in total. The molecule has 0 saturated carbocycles. The van der Waals surface area contributed by atoms with Crippen molar-refractivity contribution in [1.82, 2.24) is 9.55 Å². The molecule has 0 aliphatic heterocycles. The molecule has 3 rings (SSSR count). The standard InChI is InChI=1S/C18H18FN3/c1-13-6-8-15(9-7-13)17-12-21-18(22(17)2)20-11-14-4-3-5-16(19)10-14/h3-10,12H,11H2,1-2H3,(H,20,21). The van der Waals surface area contributed by atoms with Gasteiger partial charge in [0.1, 0.15) is 5.82 Å². The minimum atomic E-state index is -0.223. The van der Waals surface area contributed by atoms with Gasteiger partial charge in [-0.25, -0.2) is 9.37 Å². The van der Waals surface area contributed by atoms with E-state index in [1.807, 2.05) is 23.9 Å². The van der Waals surface area contributed by atoms with Crippen LogP contribution < -0.4 is 5.32 Å². The molecular weight excluding hydrogens is 277 g/mol. The Balaban J connectivity index is 1.77. The van der Waals surface area contributed by atoms with Crippen LogP contribution >= 0.6 is 0 Å². The van der Waals surface area contributed by atoms with Gasteiger partial charge in [0.15, 0.2) is 0 Å². The summed E-state index contributed by atoms with van der Waals surface area (Å²) in [5, 5.41) is 3.24. The van der Waals surface area contributed by atoms with E-state index < -0.39 is 0 Å². The van der Waals surface area contributed by atoms with Crippen LogP contribution in [0.15, 0.2) is 54.7 Å². The third kappa shape index (κ3) is 3.01. The maximum atomic E-state index is 13.2. The van der Waals surface area contributed by atoms with Crippen molar-refractivity contribution in [2.45, 2.75) is 13.5 Å². The van der Waals surface area contributed by atoms with Crippen molar-refractivity contribution in [3.8, 4) is 11.3 Å². The van der Waals surface area contributed by atoms with Gasteiger partial charge in [0, 0.05) is 13.6 Å². The molecule has 0 aliphatic rings. The highest BCUT2D eigenvalue weighted by molar-refractivity contribution is 5.61. The van der Waals surface area contributed by atoms with Crippen LogP contribution in [-0.4, -0.2) is 9.55 Å². The Morgan fingerprint density at radius 3 is 2.64 bits per heavy atom. The monoisotopic (exact) mass is 295 g/mol. The van der Waals surface area contributed by atoms with Gasteiger partial charge in [-0.05, 0) is 30.2 Å². The molecule has 0 unspecified atom stereocenters. The molecule has 1 heterocycles. The van der Waals surface area contributed by atoms with Gasteiger partial charge in [0.05, 0.1) is 11.9 Å². The van der Waals surface area contributed by atoms with Crippen molar-refractivity contribution < 1.29 is 4.39 Å². The molecule has 0 bridgehead atoms. The van der Waals surface area contributed by atoms with E-state index >= 15 is 0 Å². The fourth-order valence-electron chi connectivity index (χ4n) is 2.39. The van der Waals surface area contributed by atoms with Crippen LogP contribution in [0.25, 0.3) is 11.3 Å². The molecule has 0 spiro atoms. The normalized spacial score (nSPS) is 10.7. The molecule has 112 valence electrons. The lowest BCUT2D eigenvalue weighted by atomic mass is 10.1. The second-order valence-electron chi connectivity index (χ2n) is 5.38. The summed E-state index contributed by atoms with van der Waals surface area (Å²) >= 11 is 0. The smallest absolute Gasteiger partial charge is 0.203 e. The van der Waals surface area contributed by atoms with E-state index in [9.17, 15) is 4.39 Å². The van der Waals surface area contributed by atoms with E-state index in [2.05, 4.69) is 41.5 Å². The Labute approximate surface area is 129 Å². The van der Waals surface area contributed by atoms with Gasteiger partial charge in [-0.3, -0.25) is 0 Å². The highest BCUT2D eigenvalue weighted by atomic mass is 19.1. The first kappa shape index (κ1) is 14.3. The lowest BCUT2D eigenvalue weighted by molar-refractivity contribution is 0.626. The van der Waals surface area contributed by atoms with E-state index in [0.29, 0.717) is 6.54 Å². The Kier molecular flexibility index (Phi) is 3.92. The molecule has 22 heavy (non-hydrogen) atoms. The second-order valence-corrected chi connectivity index (χ2v) is 5.38. The van der Waals surface area contributed by atoms with Crippen molar-refractivity contribution in [3.63, 3.8) is 0 Å². The Bertz CT molecular complexity index is 775. The van der Waals surface area contributed by atoms with E-state index in [1.54, 1.807) is 6.07 Å². The molecule has 3 nitrogen and oxygen atoms in total. The van der Waals surface area contributed by atoms with Gasteiger partial charge in [-0.15, -0.1) is 0 Å². The summed E-state index contributed by atoms with van der Waals surface area (Å²) < 4.78 is 15.2. The van der Waals surface area contributed by atoms with Crippen LogP contribution in [0, 0.1) is 12.7 Å². The van der Waals surface area contributed by atoms with Crippen LogP contribution in [0.4, 0.5) is 10.3 Å². The number of aryl methyl sites for hydroxylation is 1. The molecule has 0 saturated heterocycles. The lowest BCUT2D eigenvalue weighted by Gasteiger charge is -2.09. The molecule has 2 aromatic carbocycles. The van der Waals surface area contributed by atoms with Gasteiger partial charge < -0.3 is 9.88 Å². The van der Waals surface area contributed by atoms with Crippen LogP contribution in [-0.2, 0) is 13.6 Å². The Hall–Kier alpha value is -2.62. The van der Waals surface area contributed by atoms with Crippen LogP contribution in [0.1, 0.15) is 11.1 Å². The molecule has 0 fully saturated rings. The third-order valence-electron chi connectivity index (χ3n) is 3.68. The molecule has 0 radical (unpaired) electrons. The van der Waals surface area contributed by atoms with Crippen molar-refractivity contribution in [1.29, 1.82) is 0 Å². The topological polar surface area (TPSA) is 29.9 Å². The summed E-state index contributed by atoms with van der Waals surface area (Å²) in [7, 11) is 1.97. The number of hydrogen-bond donors (Lipinski definition) is 1.